The summed E-state index contributed by atoms with van der Waals surface area (Å²) in [7, 11) is 0. The van der Waals surface area contributed by atoms with E-state index in [0.717, 1.165) is 50.1 Å². The van der Waals surface area contributed by atoms with E-state index >= 15 is 0 Å². The van der Waals surface area contributed by atoms with Gasteiger partial charge in [0.1, 0.15) is 0 Å². The van der Waals surface area contributed by atoms with E-state index in [1.54, 1.807) is 6.07 Å². The molecule has 0 unspecified atom stereocenters. The summed E-state index contributed by atoms with van der Waals surface area (Å²) >= 11 is 0. The summed E-state index contributed by atoms with van der Waals surface area (Å²) < 4.78 is 46.1. The molecule has 0 N–H and O–H groups in total. The van der Waals surface area contributed by atoms with Crippen LogP contribution in [-0.2, 0) is 6.18 Å². The van der Waals surface area contributed by atoms with Crippen molar-refractivity contribution in [2.45, 2.75) is 13.1 Å². The first-order valence-corrected chi connectivity index (χ1v) is 20.8. The minimum atomic E-state index is -4.63. The molecule has 10 rings (SSSR count). The second-order valence-electron chi connectivity index (χ2n) is 15.7. The number of hydrogen-bond donors (Lipinski definition) is 0. The van der Waals surface area contributed by atoms with E-state index in [0.29, 0.717) is 56.5 Å². The number of nitriles is 1. The van der Waals surface area contributed by atoms with Crippen molar-refractivity contribution in [1.29, 1.82) is 5.26 Å². The van der Waals surface area contributed by atoms with Crippen LogP contribution in [0, 0.1) is 31.4 Å². The molecule has 10 aromatic rings. The highest BCUT2D eigenvalue weighted by Gasteiger charge is 2.31. The van der Waals surface area contributed by atoms with Gasteiger partial charge in [0.25, 0.3) is 0 Å². The Balaban J connectivity index is 1.33. The number of rotatable bonds is 7. The molecule has 0 radical (unpaired) electrons. The maximum Gasteiger partial charge on any atom is 0.416 e. The van der Waals surface area contributed by atoms with Crippen molar-refractivity contribution in [2.75, 3.05) is 0 Å². The van der Waals surface area contributed by atoms with Crippen LogP contribution in [0.3, 0.4) is 0 Å². The molecule has 0 bridgehead atoms. The Labute approximate surface area is 377 Å². The Morgan fingerprint density at radius 3 is 1.71 bits per heavy atom. The highest BCUT2D eigenvalue weighted by atomic mass is 19.4. The number of aryl methyl sites for hydroxylation is 1. The molecule has 0 saturated carbocycles. The van der Waals surface area contributed by atoms with Crippen LogP contribution in [-0.4, -0.2) is 19.5 Å². The zero-order valence-electron chi connectivity index (χ0n) is 35.0. The van der Waals surface area contributed by atoms with Crippen LogP contribution < -0.4 is 0 Å². The van der Waals surface area contributed by atoms with E-state index < -0.39 is 11.7 Å². The Morgan fingerprint density at radius 2 is 1.11 bits per heavy atom. The zero-order chi connectivity index (χ0) is 45.5. The fourth-order valence-corrected chi connectivity index (χ4v) is 8.58. The first kappa shape index (κ1) is 40.9. The third-order valence-electron chi connectivity index (χ3n) is 11.6. The van der Waals surface area contributed by atoms with E-state index in [4.69, 9.17) is 28.1 Å². The number of aromatic nitrogens is 4. The molecule has 0 fully saturated rings. The molecule has 2 aromatic heterocycles. The quantitative estimate of drug-likeness (QED) is 0.150. The molecule has 8 aromatic carbocycles. The molecule has 0 aliphatic rings. The van der Waals surface area contributed by atoms with Crippen molar-refractivity contribution < 1.29 is 13.2 Å². The van der Waals surface area contributed by atoms with Gasteiger partial charge < -0.3 is 4.57 Å². The van der Waals surface area contributed by atoms with Gasteiger partial charge in [-0.2, -0.15) is 18.4 Å². The zero-order valence-corrected chi connectivity index (χ0v) is 35.0. The van der Waals surface area contributed by atoms with Crippen LogP contribution in [0.5, 0.6) is 0 Å². The lowest BCUT2D eigenvalue weighted by molar-refractivity contribution is -0.137. The first-order chi connectivity index (χ1) is 32.1. The fraction of sp³-hybridized carbons (Fsp3) is 0.0357. The Hall–Kier alpha value is -9.17. The molecular formula is C56H32F3N7. The standard InChI is InChI=1S/C56H32F3N7/c1-34-14-12-19-37(26-34)45-30-40(55-64-53(35-15-6-4-7-16-35)63-54(65-55)36-17-8-5-9-18-36)31-46(38-20-13-21-42(27-38)56(57,58)59)52(45)66-49-23-11-10-22-44(49)47-29-39(24-25-50(47)66)51-41(33-60)28-43(61-2)32-48(51)62-3/h4-32H,1H3. The lowest BCUT2D eigenvalue weighted by atomic mass is 9.91. The van der Waals surface area contributed by atoms with Crippen LogP contribution in [0.1, 0.15) is 16.7 Å². The first-order valence-electron chi connectivity index (χ1n) is 20.8. The van der Waals surface area contributed by atoms with Crippen LogP contribution in [0.25, 0.3) is 105 Å². The van der Waals surface area contributed by atoms with Gasteiger partial charge >= 0.3 is 6.18 Å². The molecule has 0 saturated heterocycles. The van der Waals surface area contributed by atoms with E-state index in [9.17, 15) is 18.4 Å². The Morgan fingerprint density at radius 1 is 0.530 bits per heavy atom. The van der Waals surface area contributed by atoms with Gasteiger partial charge in [-0.15, -0.1) is 0 Å². The van der Waals surface area contributed by atoms with Crippen molar-refractivity contribution in [3.63, 3.8) is 0 Å². The molecule has 66 heavy (non-hydrogen) atoms. The molecule has 312 valence electrons. The van der Waals surface area contributed by atoms with Gasteiger partial charge in [0, 0.05) is 49.7 Å². The largest absolute Gasteiger partial charge is 0.416 e. The fourth-order valence-electron chi connectivity index (χ4n) is 8.58. The van der Waals surface area contributed by atoms with Gasteiger partial charge in [-0.3, -0.25) is 0 Å². The highest BCUT2D eigenvalue weighted by molar-refractivity contribution is 6.12. The second kappa shape index (κ2) is 16.5. The summed E-state index contributed by atoms with van der Waals surface area (Å²) in [5, 5.41) is 11.8. The maximum atomic E-state index is 14.7. The summed E-state index contributed by atoms with van der Waals surface area (Å²) in [5.74, 6) is 1.20. The van der Waals surface area contributed by atoms with Crippen LogP contribution >= 0.6 is 0 Å². The third-order valence-corrected chi connectivity index (χ3v) is 11.6. The van der Waals surface area contributed by atoms with Crippen molar-refractivity contribution >= 4 is 33.2 Å². The maximum absolute atomic E-state index is 14.7. The Bertz CT molecular complexity index is 3590. The van der Waals surface area contributed by atoms with E-state index in [1.165, 1.54) is 24.3 Å². The highest BCUT2D eigenvalue weighted by Crippen LogP contribution is 2.46. The van der Waals surface area contributed by atoms with E-state index in [-0.39, 0.29) is 16.9 Å². The molecule has 0 aliphatic heterocycles. The molecule has 7 nitrogen and oxygen atoms in total. The number of alkyl halides is 3. The van der Waals surface area contributed by atoms with Gasteiger partial charge in [0.2, 0.25) is 0 Å². The number of halogens is 3. The van der Waals surface area contributed by atoms with Crippen LogP contribution in [0.15, 0.2) is 176 Å². The van der Waals surface area contributed by atoms with Crippen LogP contribution in [0.4, 0.5) is 24.5 Å². The van der Waals surface area contributed by atoms with Gasteiger partial charge in [-0.05, 0) is 72.1 Å². The van der Waals surface area contributed by atoms with E-state index in [2.05, 4.69) is 20.3 Å². The molecule has 0 atom stereocenters. The smallest absolute Gasteiger partial charge is 0.308 e. The van der Waals surface area contributed by atoms with Crippen molar-refractivity contribution in [1.82, 2.24) is 19.5 Å². The van der Waals surface area contributed by atoms with Gasteiger partial charge in [-0.25, -0.2) is 24.6 Å². The minimum Gasteiger partial charge on any atom is -0.308 e. The third kappa shape index (κ3) is 7.37. The van der Waals surface area contributed by atoms with Crippen molar-refractivity contribution in [2.24, 2.45) is 0 Å². The average molecular weight is 860 g/mol. The lowest BCUT2D eigenvalue weighted by Gasteiger charge is -2.22. The predicted molar refractivity (Wildman–Crippen MR) is 254 cm³/mol. The van der Waals surface area contributed by atoms with Crippen LogP contribution in [0.2, 0.25) is 0 Å². The van der Waals surface area contributed by atoms with Crippen molar-refractivity contribution in [3.8, 4) is 79.3 Å². The topological polar surface area (TPSA) is 76.1 Å². The monoisotopic (exact) mass is 859 g/mol. The molecule has 0 amide bonds. The summed E-state index contributed by atoms with van der Waals surface area (Å²) in [6.07, 6.45) is -4.63. The summed E-state index contributed by atoms with van der Waals surface area (Å²) in [4.78, 5) is 22.2. The van der Waals surface area contributed by atoms with Crippen molar-refractivity contribution in [3.05, 3.63) is 215 Å². The average Bonchev–Trinajstić information content (AvgIpc) is 3.68. The van der Waals surface area contributed by atoms with E-state index in [1.807, 2.05) is 146 Å². The molecule has 2 heterocycles. The SMILES string of the molecule is [C-]#[N+]c1cc(C#N)c(-c2ccc3c(c2)c2ccccc2n3-c2c(-c3cccc(C)c3)cc(-c3nc(-c4ccccc4)nc(-c4ccccc4)n3)cc2-c2cccc(C(F)(F)F)c2)c([N+]#[C-])c1. The van der Waals surface area contributed by atoms with Gasteiger partial charge in [0.15, 0.2) is 28.8 Å². The molecular weight excluding hydrogens is 828 g/mol. The summed E-state index contributed by atoms with van der Waals surface area (Å²) in [6, 6.07) is 54.9. The van der Waals surface area contributed by atoms with Gasteiger partial charge in [-0.1, -0.05) is 133 Å². The second-order valence-corrected chi connectivity index (χ2v) is 15.7. The normalized spacial score (nSPS) is 11.3. The summed E-state index contributed by atoms with van der Waals surface area (Å²) in [6.45, 7) is 17.5. The Kier molecular flexibility index (Phi) is 10.2. The molecule has 0 spiro atoms. The number of fused-ring (bicyclic) bond motifs is 3. The number of benzene rings is 8. The molecule has 0 aliphatic carbocycles. The van der Waals surface area contributed by atoms with Gasteiger partial charge in [0.05, 0.1) is 41.5 Å². The lowest BCUT2D eigenvalue weighted by Crippen LogP contribution is -2.06. The predicted octanol–water partition coefficient (Wildman–Crippen LogP) is 15.3. The minimum absolute atomic E-state index is 0.177. The number of para-hydroxylation sites is 1. The number of nitrogens with zero attached hydrogens (tertiary/aromatic N) is 7. The molecule has 10 heteroatoms. The summed E-state index contributed by atoms with van der Waals surface area (Å²) in [5.41, 5.74) is 8.29. The number of hydrogen-bond acceptors (Lipinski definition) is 4.